The van der Waals surface area contributed by atoms with Gasteiger partial charge in [-0.15, -0.1) is 6.58 Å². The minimum Gasteiger partial charge on any atom is -0.371 e. The van der Waals surface area contributed by atoms with Gasteiger partial charge in [0.2, 0.25) is 0 Å². The lowest BCUT2D eigenvalue weighted by molar-refractivity contribution is 0.639. The Labute approximate surface area is 122 Å². The summed E-state index contributed by atoms with van der Waals surface area (Å²) in [6.45, 7) is 5.47. The van der Waals surface area contributed by atoms with Crippen molar-refractivity contribution in [2.75, 3.05) is 11.9 Å². The monoisotopic (exact) mass is 289 g/mol. The summed E-state index contributed by atoms with van der Waals surface area (Å²) in [5.41, 5.74) is -0.670. The van der Waals surface area contributed by atoms with Crippen LogP contribution in [0.4, 0.5) is 5.82 Å². The number of rotatable bonds is 7. The number of anilines is 1. The Morgan fingerprint density at radius 1 is 1.43 bits per heavy atom. The second kappa shape index (κ2) is 6.74. The molecule has 0 radical (unpaired) electrons. The first-order valence-electron chi connectivity index (χ1n) is 6.75. The van der Waals surface area contributed by atoms with Crippen LogP contribution in [0.2, 0.25) is 0 Å². The van der Waals surface area contributed by atoms with Crippen LogP contribution in [0, 0.1) is 0 Å². The van der Waals surface area contributed by atoms with Crippen LogP contribution < -0.4 is 16.6 Å². The Hall–Kier alpha value is -2.57. The van der Waals surface area contributed by atoms with Crippen molar-refractivity contribution in [2.45, 2.75) is 19.5 Å². The van der Waals surface area contributed by atoms with Gasteiger partial charge < -0.3 is 9.88 Å². The van der Waals surface area contributed by atoms with Crippen molar-refractivity contribution in [3.05, 3.63) is 58.3 Å². The van der Waals surface area contributed by atoms with Crippen molar-refractivity contribution in [2.24, 2.45) is 7.05 Å². The fraction of sp³-hybridized carbons (Fsp3) is 0.357. The average Bonchev–Trinajstić information content (AvgIpc) is 2.98. The Bertz CT molecular complexity index is 712. The normalized spacial score (nSPS) is 10.5. The molecule has 2 heterocycles. The third kappa shape index (κ3) is 3.50. The molecular formula is C14H19N5O2. The van der Waals surface area contributed by atoms with E-state index in [0.717, 1.165) is 17.5 Å². The van der Waals surface area contributed by atoms with Crippen LogP contribution in [0.5, 0.6) is 0 Å². The van der Waals surface area contributed by atoms with Crippen molar-refractivity contribution >= 4 is 5.82 Å². The van der Waals surface area contributed by atoms with E-state index in [9.17, 15) is 9.59 Å². The van der Waals surface area contributed by atoms with E-state index >= 15 is 0 Å². The summed E-state index contributed by atoms with van der Waals surface area (Å²) in [7, 11) is 1.47. The van der Waals surface area contributed by atoms with E-state index in [1.807, 2.05) is 10.8 Å². The molecule has 0 bridgehead atoms. The number of aromatic nitrogens is 4. The number of hydrogen-bond acceptors (Lipinski definition) is 4. The van der Waals surface area contributed by atoms with E-state index in [4.69, 9.17) is 0 Å². The van der Waals surface area contributed by atoms with E-state index in [2.05, 4.69) is 16.9 Å². The number of nitrogens with one attached hydrogen (secondary N) is 1. The van der Waals surface area contributed by atoms with Gasteiger partial charge in [0.25, 0.3) is 5.56 Å². The summed E-state index contributed by atoms with van der Waals surface area (Å²) in [6, 6.07) is 1.43. The molecule has 2 rings (SSSR count). The van der Waals surface area contributed by atoms with Crippen LogP contribution in [0.3, 0.4) is 0 Å². The molecule has 0 saturated carbocycles. The number of nitrogens with zero attached hydrogens (tertiary/aromatic N) is 4. The predicted octanol–water partition coefficient (Wildman–Crippen LogP) is 0.432. The topological polar surface area (TPSA) is 73.8 Å². The van der Waals surface area contributed by atoms with Gasteiger partial charge in [-0.3, -0.25) is 13.9 Å². The maximum atomic E-state index is 12.0. The summed E-state index contributed by atoms with van der Waals surface area (Å²) in [5, 5.41) is 3.14. The molecule has 0 aromatic carbocycles. The SMILES string of the molecule is C=CCn1c(NCCCn2ccnc2)cc(=O)n(C)c1=O. The number of hydrogen-bond donors (Lipinski definition) is 1. The maximum Gasteiger partial charge on any atom is 0.332 e. The minimum atomic E-state index is -0.348. The van der Waals surface area contributed by atoms with E-state index < -0.39 is 0 Å². The molecule has 0 aliphatic heterocycles. The van der Waals surface area contributed by atoms with E-state index in [1.165, 1.54) is 17.7 Å². The standard InChI is InChI=1S/C14H19N5O2/c1-3-7-19-12(10-13(20)17(2)14(19)21)16-5-4-8-18-9-6-15-11-18/h3,6,9-11,16H,1,4-5,7-8H2,2H3. The van der Waals surface area contributed by atoms with Crippen molar-refractivity contribution in [3.8, 4) is 0 Å². The second-order valence-corrected chi connectivity index (χ2v) is 4.69. The summed E-state index contributed by atoms with van der Waals surface area (Å²) in [6.07, 6.45) is 7.87. The van der Waals surface area contributed by atoms with Gasteiger partial charge in [-0.2, -0.15) is 0 Å². The average molecular weight is 289 g/mol. The Morgan fingerprint density at radius 3 is 2.90 bits per heavy atom. The largest absolute Gasteiger partial charge is 0.371 e. The van der Waals surface area contributed by atoms with Crippen molar-refractivity contribution < 1.29 is 0 Å². The molecule has 7 nitrogen and oxygen atoms in total. The van der Waals surface area contributed by atoms with Crippen LogP contribution in [0.15, 0.2) is 47.0 Å². The molecule has 21 heavy (non-hydrogen) atoms. The van der Waals surface area contributed by atoms with Gasteiger partial charge in [-0.1, -0.05) is 6.08 Å². The maximum absolute atomic E-state index is 12.0. The molecule has 0 spiro atoms. The molecule has 2 aromatic heterocycles. The number of aryl methyl sites for hydroxylation is 1. The number of imidazole rings is 1. The smallest absolute Gasteiger partial charge is 0.332 e. The molecule has 0 saturated heterocycles. The third-order valence-electron chi connectivity index (χ3n) is 3.17. The molecule has 0 aliphatic rings. The van der Waals surface area contributed by atoms with Crippen LogP contribution in [-0.4, -0.2) is 25.2 Å². The second-order valence-electron chi connectivity index (χ2n) is 4.69. The molecule has 0 fully saturated rings. The fourth-order valence-electron chi connectivity index (χ4n) is 2.02. The van der Waals surface area contributed by atoms with Crippen molar-refractivity contribution in [1.82, 2.24) is 18.7 Å². The predicted molar refractivity (Wildman–Crippen MR) is 81.5 cm³/mol. The van der Waals surface area contributed by atoms with Gasteiger partial charge in [-0.25, -0.2) is 9.78 Å². The highest BCUT2D eigenvalue weighted by Gasteiger charge is 2.07. The van der Waals surface area contributed by atoms with Gasteiger partial charge in [0.05, 0.1) is 6.33 Å². The summed E-state index contributed by atoms with van der Waals surface area (Å²) < 4.78 is 4.55. The first kappa shape index (κ1) is 14.8. The zero-order chi connectivity index (χ0) is 15.2. The van der Waals surface area contributed by atoms with Gasteiger partial charge in [0.15, 0.2) is 0 Å². The fourth-order valence-corrected chi connectivity index (χ4v) is 2.02. The third-order valence-corrected chi connectivity index (χ3v) is 3.17. The number of allylic oxidation sites excluding steroid dienone is 1. The Kier molecular flexibility index (Phi) is 4.76. The lowest BCUT2D eigenvalue weighted by Crippen LogP contribution is -2.38. The first-order valence-corrected chi connectivity index (χ1v) is 6.75. The van der Waals surface area contributed by atoms with E-state index in [0.29, 0.717) is 18.9 Å². The lowest BCUT2D eigenvalue weighted by Gasteiger charge is -2.14. The summed E-state index contributed by atoms with van der Waals surface area (Å²) in [5.74, 6) is 0.522. The van der Waals surface area contributed by atoms with Gasteiger partial charge in [0, 0.05) is 45.1 Å². The molecular weight excluding hydrogens is 270 g/mol. The zero-order valence-electron chi connectivity index (χ0n) is 12.0. The molecule has 1 N–H and O–H groups in total. The molecule has 0 amide bonds. The van der Waals surface area contributed by atoms with Crippen LogP contribution in [0.1, 0.15) is 6.42 Å². The molecule has 112 valence electrons. The minimum absolute atomic E-state index is 0.322. The highest BCUT2D eigenvalue weighted by molar-refractivity contribution is 5.34. The molecule has 7 heteroatoms. The quantitative estimate of drug-likeness (QED) is 0.592. The first-order chi connectivity index (χ1) is 10.1. The van der Waals surface area contributed by atoms with E-state index in [-0.39, 0.29) is 11.2 Å². The Balaban J connectivity index is 2.06. The van der Waals surface area contributed by atoms with Gasteiger partial charge in [-0.05, 0) is 6.42 Å². The van der Waals surface area contributed by atoms with Crippen molar-refractivity contribution in [3.63, 3.8) is 0 Å². The van der Waals surface area contributed by atoms with Crippen molar-refractivity contribution in [1.29, 1.82) is 0 Å². The Morgan fingerprint density at radius 2 is 2.24 bits per heavy atom. The molecule has 0 aliphatic carbocycles. The van der Waals surface area contributed by atoms with Gasteiger partial charge >= 0.3 is 5.69 Å². The van der Waals surface area contributed by atoms with E-state index in [1.54, 1.807) is 18.6 Å². The van der Waals surface area contributed by atoms with Crippen LogP contribution in [0.25, 0.3) is 0 Å². The van der Waals surface area contributed by atoms with Gasteiger partial charge in [0.1, 0.15) is 5.82 Å². The molecule has 0 atom stereocenters. The summed E-state index contributed by atoms with van der Waals surface area (Å²) >= 11 is 0. The highest BCUT2D eigenvalue weighted by Crippen LogP contribution is 2.02. The highest BCUT2D eigenvalue weighted by atomic mass is 16.2. The van der Waals surface area contributed by atoms with Crippen LogP contribution >= 0.6 is 0 Å². The molecule has 0 unspecified atom stereocenters. The molecule has 2 aromatic rings. The zero-order valence-corrected chi connectivity index (χ0v) is 12.0. The van der Waals surface area contributed by atoms with Crippen LogP contribution in [-0.2, 0) is 20.1 Å². The summed E-state index contributed by atoms with van der Waals surface area (Å²) in [4.78, 5) is 27.7. The lowest BCUT2D eigenvalue weighted by atomic mass is 10.4.